The number of piperidine rings is 1. The summed E-state index contributed by atoms with van der Waals surface area (Å²) in [5, 5.41) is 2.83. The van der Waals surface area contributed by atoms with E-state index >= 15 is 0 Å². The molecule has 1 saturated heterocycles. The van der Waals surface area contributed by atoms with Gasteiger partial charge in [0.25, 0.3) is 11.8 Å². The average Bonchev–Trinajstić information content (AvgIpc) is 3.14. The maximum absolute atomic E-state index is 13.7. The van der Waals surface area contributed by atoms with Crippen LogP contribution in [-0.2, 0) is 9.53 Å². The van der Waals surface area contributed by atoms with Gasteiger partial charge in [-0.25, -0.2) is 4.79 Å². The van der Waals surface area contributed by atoms with Gasteiger partial charge in [-0.3, -0.25) is 19.3 Å². The lowest BCUT2D eigenvalue weighted by Crippen LogP contribution is -2.56. The molecule has 2 fully saturated rings. The molecule has 2 aliphatic heterocycles. The van der Waals surface area contributed by atoms with Gasteiger partial charge in [-0.2, -0.15) is 0 Å². The van der Waals surface area contributed by atoms with Gasteiger partial charge < -0.3 is 15.0 Å². The first-order chi connectivity index (χ1) is 17.5. The zero-order valence-electron chi connectivity index (χ0n) is 21.4. The van der Waals surface area contributed by atoms with E-state index in [0.717, 1.165) is 38.6 Å². The number of carbonyl (C=O) groups is 4. The van der Waals surface area contributed by atoms with Crippen LogP contribution in [0.4, 0.5) is 4.79 Å². The van der Waals surface area contributed by atoms with Crippen LogP contribution in [0.25, 0.3) is 0 Å². The van der Waals surface area contributed by atoms with Crippen LogP contribution in [0.3, 0.4) is 0 Å². The Hall–Kier alpha value is -2.90. The first-order valence-electron chi connectivity index (χ1n) is 13.7. The van der Waals surface area contributed by atoms with Gasteiger partial charge in [-0.1, -0.05) is 38.3 Å². The third-order valence-electron chi connectivity index (χ3n) is 7.85. The van der Waals surface area contributed by atoms with Gasteiger partial charge in [0.1, 0.15) is 6.04 Å². The second kappa shape index (κ2) is 12.4. The van der Waals surface area contributed by atoms with E-state index < -0.39 is 12.1 Å². The SMILES string of the molecule is CCCCOC(=O)N[C@H](CCCCN1C(=O)c2ccccc2C1=O)C(=O)N1CCC[C@H]2CCCC[C@@H]21. The Morgan fingerprint density at radius 1 is 1.00 bits per heavy atom. The number of fused-ring (bicyclic) bond motifs is 2. The summed E-state index contributed by atoms with van der Waals surface area (Å²) < 4.78 is 5.29. The van der Waals surface area contributed by atoms with E-state index in [2.05, 4.69) is 5.32 Å². The summed E-state index contributed by atoms with van der Waals surface area (Å²) in [6.07, 6.45) is 9.50. The van der Waals surface area contributed by atoms with Crippen LogP contribution in [0, 0.1) is 5.92 Å². The van der Waals surface area contributed by atoms with Crippen molar-refractivity contribution in [3.63, 3.8) is 0 Å². The van der Waals surface area contributed by atoms with Crippen LogP contribution in [0.5, 0.6) is 0 Å². The number of hydrogen-bond acceptors (Lipinski definition) is 5. The van der Waals surface area contributed by atoms with Crippen molar-refractivity contribution >= 4 is 23.8 Å². The molecule has 4 amide bonds. The molecule has 0 unspecified atom stereocenters. The molecule has 3 atom stereocenters. The molecule has 1 aromatic rings. The Morgan fingerprint density at radius 3 is 2.42 bits per heavy atom. The molecule has 0 spiro atoms. The monoisotopic (exact) mass is 497 g/mol. The second-order valence-corrected chi connectivity index (χ2v) is 10.3. The lowest BCUT2D eigenvalue weighted by atomic mass is 9.78. The number of hydrogen-bond donors (Lipinski definition) is 1. The summed E-state index contributed by atoms with van der Waals surface area (Å²) in [6.45, 7) is 3.39. The van der Waals surface area contributed by atoms with Crippen molar-refractivity contribution < 1.29 is 23.9 Å². The van der Waals surface area contributed by atoms with E-state index in [1.54, 1.807) is 24.3 Å². The number of benzene rings is 1. The summed E-state index contributed by atoms with van der Waals surface area (Å²) in [7, 11) is 0. The molecule has 1 aromatic carbocycles. The van der Waals surface area contributed by atoms with Crippen molar-refractivity contribution in [3.8, 4) is 0 Å². The molecule has 3 aliphatic rings. The summed E-state index contributed by atoms with van der Waals surface area (Å²) >= 11 is 0. The van der Waals surface area contributed by atoms with Gasteiger partial charge >= 0.3 is 6.09 Å². The Balaban J connectivity index is 1.35. The zero-order chi connectivity index (χ0) is 25.5. The molecule has 1 aliphatic carbocycles. The van der Waals surface area contributed by atoms with Gasteiger partial charge in [0.05, 0.1) is 17.7 Å². The van der Waals surface area contributed by atoms with Gasteiger partial charge in [-0.05, 0) is 69.4 Å². The van der Waals surface area contributed by atoms with Crippen LogP contribution in [-0.4, -0.2) is 65.4 Å². The fourth-order valence-electron chi connectivity index (χ4n) is 5.91. The highest BCUT2D eigenvalue weighted by Gasteiger charge is 2.39. The number of rotatable bonds is 10. The number of carbonyl (C=O) groups excluding carboxylic acids is 4. The lowest BCUT2D eigenvalue weighted by molar-refractivity contribution is -0.140. The fraction of sp³-hybridized carbons (Fsp3) is 0.643. The third-order valence-corrected chi connectivity index (χ3v) is 7.85. The molecule has 2 heterocycles. The average molecular weight is 498 g/mol. The van der Waals surface area contributed by atoms with Crippen molar-refractivity contribution in [1.82, 2.24) is 15.1 Å². The minimum atomic E-state index is -0.665. The quantitative estimate of drug-likeness (QED) is 0.379. The summed E-state index contributed by atoms with van der Waals surface area (Å²) in [4.78, 5) is 54.7. The van der Waals surface area contributed by atoms with Crippen molar-refractivity contribution in [3.05, 3.63) is 35.4 Å². The predicted molar refractivity (Wildman–Crippen MR) is 136 cm³/mol. The molecule has 0 aromatic heterocycles. The van der Waals surface area contributed by atoms with E-state index in [9.17, 15) is 19.2 Å². The number of likely N-dealkylation sites (tertiary alicyclic amines) is 1. The molecule has 8 heteroatoms. The standard InChI is InChI=1S/C28H39N3O5/c1-2-3-19-36-28(35)29-23(27(34)30-18-10-12-20-11-4-7-16-24(20)30)15-8-9-17-31-25(32)21-13-5-6-14-22(21)26(31)33/h5-6,13-14,20,23-24H,2-4,7-12,15-19H2,1H3,(H,29,35)/t20-,23-,24+/m1/s1. The van der Waals surface area contributed by atoms with Crippen LogP contribution in [0.15, 0.2) is 24.3 Å². The van der Waals surface area contributed by atoms with Gasteiger partial charge in [0, 0.05) is 19.1 Å². The van der Waals surface area contributed by atoms with E-state index in [4.69, 9.17) is 4.74 Å². The van der Waals surface area contributed by atoms with Crippen molar-refractivity contribution in [2.24, 2.45) is 5.92 Å². The molecule has 8 nitrogen and oxygen atoms in total. The molecule has 0 bridgehead atoms. The third kappa shape index (κ3) is 5.90. The number of nitrogens with one attached hydrogen (secondary N) is 1. The van der Waals surface area contributed by atoms with E-state index in [0.29, 0.717) is 49.5 Å². The largest absolute Gasteiger partial charge is 0.450 e. The maximum Gasteiger partial charge on any atom is 0.407 e. The highest BCUT2D eigenvalue weighted by Crippen LogP contribution is 2.35. The van der Waals surface area contributed by atoms with Gasteiger partial charge in [0.2, 0.25) is 5.91 Å². The fourth-order valence-corrected chi connectivity index (χ4v) is 5.91. The number of imide groups is 1. The molecule has 1 N–H and O–H groups in total. The van der Waals surface area contributed by atoms with E-state index in [1.807, 2.05) is 11.8 Å². The lowest BCUT2D eigenvalue weighted by Gasteiger charge is -2.45. The smallest absolute Gasteiger partial charge is 0.407 e. The molecular weight excluding hydrogens is 458 g/mol. The first kappa shape index (κ1) is 26.2. The van der Waals surface area contributed by atoms with Crippen LogP contribution >= 0.6 is 0 Å². The Morgan fingerprint density at radius 2 is 1.69 bits per heavy atom. The Kier molecular flexibility index (Phi) is 8.99. The van der Waals surface area contributed by atoms with Crippen LogP contribution < -0.4 is 5.32 Å². The number of alkyl carbamates (subject to hydrolysis) is 1. The summed E-state index contributed by atoms with van der Waals surface area (Å²) in [5.41, 5.74) is 0.887. The van der Waals surface area contributed by atoms with Crippen molar-refractivity contribution in [1.29, 1.82) is 0 Å². The number of amides is 4. The van der Waals surface area contributed by atoms with Crippen LogP contribution in [0.1, 0.15) is 98.3 Å². The topological polar surface area (TPSA) is 96.0 Å². The number of unbranched alkanes of at least 4 members (excludes halogenated alkanes) is 2. The van der Waals surface area contributed by atoms with Gasteiger partial charge in [0.15, 0.2) is 0 Å². The number of ether oxygens (including phenoxy) is 1. The van der Waals surface area contributed by atoms with Crippen molar-refractivity contribution in [2.45, 2.75) is 89.6 Å². The minimum absolute atomic E-state index is 0.0280. The first-order valence-corrected chi connectivity index (χ1v) is 13.7. The highest BCUT2D eigenvalue weighted by atomic mass is 16.5. The molecule has 1 saturated carbocycles. The Labute approximate surface area is 213 Å². The van der Waals surface area contributed by atoms with E-state index in [1.165, 1.54) is 24.2 Å². The number of nitrogens with zero attached hydrogens (tertiary/aromatic N) is 2. The van der Waals surface area contributed by atoms with Crippen LogP contribution in [0.2, 0.25) is 0 Å². The molecular formula is C28H39N3O5. The van der Waals surface area contributed by atoms with Gasteiger partial charge in [-0.15, -0.1) is 0 Å². The molecule has 196 valence electrons. The molecule has 4 rings (SSSR count). The maximum atomic E-state index is 13.7. The molecule has 0 radical (unpaired) electrons. The highest BCUT2D eigenvalue weighted by molar-refractivity contribution is 6.21. The van der Waals surface area contributed by atoms with E-state index in [-0.39, 0.29) is 23.8 Å². The predicted octanol–water partition coefficient (Wildman–Crippen LogP) is 4.53. The van der Waals surface area contributed by atoms with Crippen molar-refractivity contribution in [2.75, 3.05) is 19.7 Å². The summed E-state index contributed by atoms with van der Waals surface area (Å²) in [6, 6.07) is 6.46. The zero-order valence-corrected chi connectivity index (χ0v) is 21.4. The Bertz CT molecular complexity index is 927. The molecule has 36 heavy (non-hydrogen) atoms. The second-order valence-electron chi connectivity index (χ2n) is 10.3. The minimum Gasteiger partial charge on any atom is -0.450 e. The normalized spacial score (nSPS) is 22.1. The summed E-state index contributed by atoms with van der Waals surface area (Å²) in [5.74, 6) is -0.00257.